The van der Waals surface area contributed by atoms with Gasteiger partial charge in [-0.25, -0.2) is 4.39 Å². The molecule has 34 heavy (non-hydrogen) atoms. The van der Waals surface area contributed by atoms with Crippen molar-refractivity contribution >= 4 is 11.9 Å². The molecule has 0 bridgehead atoms. The van der Waals surface area contributed by atoms with E-state index in [2.05, 4.69) is 0 Å². The predicted molar refractivity (Wildman–Crippen MR) is 123 cm³/mol. The number of halogens is 1. The Balaban J connectivity index is 1.43. The lowest BCUT2D eigenvalue weighted by Gasteiger charge is -2.54. The monoisotopic (exact) mass is 467 g/mol. The lowest BCUT2D eigenvalue weighted by atomic mass is 9.68. The Morgan fingerprint density at radius 2 is 1.94 bits per heavy atom. The lowest BCUT2D eigenvalue weighted by molar-refractivity contribution is -0.179. The summed E-state index contributed by atoms with van der Waals surface area (Å²) in [6.45, 7) is 3.07. The molecule has 2 fully saturated rings. The average molecular weight is 468 g/mol. The number of hydrogen-bond donors (Lipinski definition) is 1. The molecule has 0 aliphatic carbocycles. The number of carbonyl (C=O) groups excluding carboxylic acids is 1. The average Bonchev–Trinajstić information content (AvgIpc) is 3.22. The number of para-hydroxylation sites is 1. The number of likely N-dealkylation sites (tertiary alicyclic amines) is 1. The van der Waals surface area contributed by atoms with Gasteiger partial charge in [0.1, 0.15) is 17.2 Å². The van der Waals surface area contributed by atoms with Crippen molar-refractivity contribution in [2.45, 2.75) is 62.7 Å². The van der Waals surface area contributed by atoms with Crippen LogP contribution in [0.2, 0.25) is 0 Å². The summed E-state index contributed by atoms with van der Waals surface area (Å²) in [5.74, 6) is -0.518. The third kappa shape index (κ3) is 4.06. The van der Waals surface area contributed by atoms with Gasteiger partial charge in [-0.2, -0.15) is 0 Å². The van der Waals surface area contributed by atoms with Crippen LogP contribution in [0.15, 0.2) is 48.5 Å². The molecule has 0 unspecified atom stereocenters. The van der Waals surface area contributed by atoms with Crippen molar-refractivity contribution < 1.29 is 28.6 Å². The minimum atomic E-state index is -0.858. The summed E-state index contributed by atoms with van der Waals surface area (Å²) in [7, 11) is 0. The number of aliphatic carboxylic acids is 1. The van der Waals surface area contributed by atoms with Gasteiger partial charge in [-0.15, -0.1) is 0 Å². The van der Waals surface area contributed by atoms with Crippen molar-refractivity contribution in [2.75, 3.05) is 13.2 Å². The van der Waals surface area contributed by atoms with Crippen molar-refractivity contribution in [3.8, 4) is 5.75 Å². The van der Waals surface area contributed by atoms with Crippen LogP contribution in [0.3, 0.4) is 0 Å². The first kappa shape index (κ1) is 22.8. The van der Waals surface area contributed by atoms with E-state index in [9.17, 15) is 19.1 Å². The van der Waals surface area contributed by atoms with Gasteiger partial charge in [0.2, 0.25) is 5.91 Å². The zero-order valence-electron chi connectivity index (χ0n) is 19.3. The van der Waals surface area contributed by atoms with Crippen molar-refractivity contribution in [3.63, 3.8) is 0 Å². The summed E-state index contributed by atoms with van der Waals surface area (Å²) in [5, 5.41) is 9.36. The second-order valence-corrected chi connectivity index (χ2v) is 10.1. The summed E-state index contributed by atoms with van der Waals surface area (Å²) in [6, 6.07) is 13.8. The first-order valence-corrected chi connectivity index (χ1v) is 12.0. The van der Waals surface area contributed by atoms with Crippen molar-refractivity contribution in [1.82, 2.24) is 4.90 Å². The van der Waals surface area contributed by atoms with Crippen LogP contribution >= 0.6 is 0 Å². The van der Waals surface area contributed by atoms with E-state index in [1.807, 2.05) is 36.1 Å². The van der Waals surface area contributed by atoms with Crippen LogP contribution in [0.4, 0.5) is 4.39 Å². The summed E-state index contributed by atoms with van der Waals surface area (Å²) < 4.78 is 26.3. The van der Waals surface area contributed by atoms with Crippen LogP contribution in [-0.4, -0.2) is 46.2 Å². The molecule has 1 amide bonds. The normalized spacial score (nSPS) is 29.9. The number of fused-ring (bicyclic) bond motifs is 3. The molecule has 0 saturated carbocycles. The molecule has 2 aromatic rings. The van der Waals surface area contributed by atoms with Gasteiger partial charge in [0.15, 0.2) is 0 Å². The van der Waals surface area contributed by atoms with E-state index in [1.54, 1.807) is 12.1 Å². The molecule has 3 heterocycles. The van der Waals surface area contributed by atoms with Gasteiger partial charge in [-0.05, 0) is 56.4 Å². The van der Waals surface area contributed by atoms with Crippen LogP contribution in [0.5, 0.6) is 5.75 Å². The molecular formula is C27H30FNO5. The van der Waals surface area contributed by atoms with E-state index in [1.165, 1.54) is 12.1 Å². The zero-order chi connectivity index (χ0) is 23.9. The molecule has 180 valence electrons. The number of amides is 1. The Morgan fingerprint density at radius 3 is 2.71 bits per heavy atom. The van der Waals surface area contributed by atoms with Crippen LogP contribution in [0.1, 0.15) is 56.3 Å². The van der Waals surface area contributed by atoms with E-state index in [4.69, 9.17) is 9.47 Å². The van der Waals surface area contributed by atoms with Crippen LogP contribution < -0.4 is 4.74 Å². The number of rotatable bonds is 5. The van der Waals surface area contributed by atoms with E-state index in [0.29, 0.717) is 26.0 Å². The Labute approximate surface area is 198 Å². The predicted octanol–water partition coefficient (Wildman–Crippen LogP) is 4.52. The molecule has 3 aliphatic heterocycles. The number of carboxylic acids is 1. The Bertz CT molecular complexity index is 1090. The zero-order valence-corrected chi connectivity index (χ0v) is 19.3. The molecule has 7 heteroatoms. The Kier molecular flexibility index (Phi) is 5.84. The largest absolute Gasteiger partial charge is 0.487 e. The highest BCUT2D eigenvalue weighted by Crippen LogP contribution is 2.55. The number of carbonyl (C=O) groups is 2. The van der Waals surface area contributed by atoms with Crippen molar-refractivity contribution in [3.05, 3.63) is 65.5 Å². The molecule has 0 aromatic heterocycles. The van der Waals surface area contributed by atoms with Gasteiger partial charge in [0, 0.05) is 24.4 Å². The van der Waals surface area contributed by atoms with Gasteiger partial charge in [-0.3, -0.25) is 9.59 Å². The number of nitrogens with zero attached hydrogens (tertiary/aromatic N) is 1. The summed E-state index contributed by atoms with van der Waals surface area (Å²) in [5.41, 5.74) is 0.596. The molecule has 1 spiro atoms. The van der Waals surface area contributed by atoms with Gasteiger partial charge in [0.25, 0.3) is 0 Å². The molecule has 5 rings (SSSR count). The highest BCUT2D eigenvalue weighted by molar-refractivity contribution is 5.80. The first-order chi connectivity index (χ1) is 16.3. The van der Waals surface area contributed by atoms with E-state index in [-0.39, 0.29) is 36.6 Å². The van der Waals surface area contributed by atoms with Crippen LogP contribution in [-0.2, 0) is 20.7 Å². The van der Waals surface area contributed by atoms with Crippen molar-refractivity contribution in [1.29, 1.82) is 0 Å². The summed E-state index contributed by atoms with van der Waals surface area (Å²) in [6.07, 6.45) is 2.79. The third-order valence-electron chi connectivity index (χ3n) is 7.85. The number of hydrogen-bond acceptors (Lipinski definition) is 4. The fraction of sp³-hybridized carbons (Fsp3) is 0.481. The maximum Gasteiger partial charge on any atom is 0.303 e. The quantitative estimate of drug-likeness (QED) is 0.700. The topological polar surface area (TPSA) is 76.1 Å². The minimum absolute atomic E-state index is 0.00208. The third-order valence-corrected chi connectivity index (χ3v) is 7.85. The first-order valence-electron chi connectivity index (χ1n) is 12.0. The van der Waals surface area contributed by atoms with Crippen LogP contribution in [0.25, 0.3) is 0 Å². The molecule has 2 saturated heterocycles. The highest BCUT2D eigenvalue weighted by Gasteiger charge is 2.57. The molecule has 4 atom stereocenters. The van der Waals surface area contributed by atoms with Gasteiger partial charge in [0.05, 0.1) is 24.7 Å². The minimum Gasteiger partial charge on any atom is -0.487 e. The molecule has 3 aliphatic rings. The number of ether oxygens (including phenoxy) is 2. The number of carboxylic acid groups (broad SMARTS) is 1. The summed E-state index contributed by atoms with van der Waals surface area (Å²) >= 11 is 0. The molecule has 2 aromatic carbocycles. The van der Waals surface area contributed by atoms with Crippen LogP contribution in [0, 0.1) is 11.7 Å². The smallest absolute Gasteiger partial charge is 0.303 e. The maximum atomic E-state index is 13.4. The molecule has 1 N–H and O–H groups in total. The van der Waals surface area contributed by atoms with E-state index < -0.39 is 17.1 Å². The molecular weight excluding hydrogens is 437 g/mol. The van der Waals surface area contributed by atoms with Gasteiger partial charge < -0.3 is 19.5 Å². The molecule has 6 nitrogen and oxygen atoms in total. The lowest BCUT2D eigenvalue weighted by Crippen LogP contribution is -2.60. The second-order valence-electron chi connectivity index (χ2n) is 10.1. The van der Waals surface area contributed by atoms with Gasteiger partial charge >= 0.3 is 5.97 Å². The Morgan fingerprint density at radius 1 is 1.18 bits per heavy atom. The Hall–Kier alpha value is -2.93. The van der Waals surface area contributed by atoms with E-state index in [0.717, 1.165) is 29.7 Å². The number of benzene rings is 2. The van der Waals surface area contributed by atoms with Crippen molar-refractivity contribution in [2.24, 2.45) is 5.92 Å². The standard InChI is InChI=1S/C27H30FNO5/c1-26(13-11-24(31)32)21-16-27(17-33-25(21)20-5-2-3-6-22(20)34-26)12-4-14-29(27)23(30)15-18-7-9-19(28)10-8-18/h2-3,5-10,21,25H,4,11-17H2,1H3,(H,31,32)/t21-,25+,26+,27+/m1/s1. The SMILES string of the molecule is C[C@@]1(CCC(=O)O)Oc2ccccc2[C@@H]2OC[C@]3(CCCN3C(=O)Cc3ccc(F)cc3)C[C@H]21. The fourth-order valence-electron chi connectivity index (χ4n) is 6.07. The fourth-order valence-corrected chi connectivity index (χ4v) is 6.07. The van der Waals surface area contributed by atoms with E-state index >= 15 is 0 Å². The van der Waals surface area contributed by atoms with Gasteiger partial charge in [-0.1, -0.05) is 30.3 Å². The summed E-state index contributed by atoms with van der Waals surface area (Å²) in [4.78, 5) is 26.7. The maximum absolute atomic E-state index is 13.4. The molecule has 0 radical (unpaired) electrons. The second kappa shape index (κ2) is 8.69. The highest BCUT2D eigenvalue weighted by atomic mass is 19.1.